The largest absolute Gasteiger partial charge is 0.472 e. The SMILES string of the molecule is NC(Cc1ccoc1)c1cncs1. The number of hydrogen-bond donors (Lipinski definition) is 1. The molecule has 3 nitrogen and oxygen atoms in total. The van der Waals surface area contributed by atoms with Gasteiger partial charge in [-0.15, -0.1) is 11.3 Å². The molecule has 0 saturated carbocycles. The van der Waals surface area contributed by atoms with Crippen molar-refractivity contribution < 1.29 is 4.42 Å². The van der Waals surface area contributed by atoms with Crippen LogP contribution in [0.25, 0.3) is 0 Å². The van der Waals surface area contributed by atoms with Gasteiger partial charge in [0.25, 0.3) is 0 Å². The molecule has 0 bridgehead atoms. The second-order valence-electron chi connectivity index (χ2n) is 2.85. The van der Waals surface area contributed by atoms with Crippen LogP contribution in [0.3, 0.4) is 0 Å². The Morgan fingerprint density at radius 3 is 3.15 bits per heavy atom. The lowest BCUT2D eigenvalue weighted by Gasteiger charge is -2.05. The summed E-state index contributed by atoms with van der Waals surface area (Å²) >= 11 is 1.59. The first-order valence-electron chi connectivity index (χ1n) is 4.01. The monoisotopic (exact) mass is 194 g/mol. The molecule has 2 heterocycles. The maximum absolute atomic E-state index is 5.96. The summed E-state index contributed by atoms with van der Waals surface area (Å²) in [6.45, 7) is 0. The first-order chi connectivity index (χ1) is 6.36. The number of hydrogen-bond acceptors (Lipinski definition) is 4. The van der Waals surface area contributed by atoms with Crippen LogP contribution in [0.2, 0.25) is 0 Å². The van der Waals surface area contributed by atoms with Gasteiger partial charge in [-0.2, -0.15) is 0 Å². The number of nitrogens with two attached hydrogens (primary N) is 1. The molecule has 2 aromatic rings. The number of aromatic nitrogens is 1. The van der Waals surface area contributed by atoms with Crippen molar-refractivity contribution in [1.29, 1.82) is 0 Å². The van der Waals surface area contributed by atoms with Crippen LogP contribution in [0.4, 0.5) is 0 Å². The van der Waals surface area contributed by atoms with Crippen molar-refractivity contribution in [2.24, 2.45) is 5.73 Å². The second kappa shape index (κ2) is 3.72. The molecule has 1 unspecified atom stereocenters. The Balaban J connectivity index is 2.04. The van der Waals surface area contributed by atoms with Gasteiger partial charge in [-0.1, -0.05) is 0 Å². The van der Waals surface area contributed by atoms with E-state index in [1.165, 1.54) is 0 Å². The van der Waals surface area contributed by atoms with Gasteiger partial charge in [0.05, 0.1) is 18.0 Å². The molecule has 0 aliphatic rings. The zero-order chi connectivity index (χ0) is 9.10. The summed E-state index contributed by atoms with van der Waals surface area (Å²) < 4.78 is 4.96. The fourth-order valence-electron chi connectivity index (χ4n) is 1.17. The molecule has 68 valence electrons. The van der Waals surface area contributed by atoms with Gasteiger partial charge in [0.15, 0.2) is 0 Å². The zero-order valence-electron chi connectivity index (χ0n) is 7.01. The third-order valence-electron chi connectivity index (χ3n) is 1.85. The minimum atomic E-state index is 0.0325. The van der Waals surface area contributed by atoms with Gasteiger partial charge < -0.3 is 10.2 Å². The van der Waals surface area contributed by atoms with Gasteiger partial charge in [0, 0.05) is 17.1 Å². The first kappa shape index (κ1) is 8.47. The van der Waals surface area contributed by atoms with Crippen molar-refractivity contribution >= 4 is 11.3 Å². The lowest BCUT2D eigenvalue weighted by Crippen LogP contribution is -2.11. The molecule has 0 spiro atoms. The van der Waals surface area contributed by atoms with Gasteiger partial charge in [0.2, 0.25) is 0 Å². The molecule has 2 rings (SSSR count). The van der Waals surface area contributed by atoms with Crippen LogP contribution in [0.5, 0.6) is 0 Å². The Kier molecular flexibility index (Phi) is 2.42. The van der Waals surface area contributed by atoms with E-state index < -0.39 is 0 Å². The Labute approximate surface area is 80.2 Å². The third-order valence-corrected chi connectivity index (χ3v) is 2.76. The van der Waals surface area contributed by atoms with E-state index in [1.807, 2.05) is 12.3 Å². The molecule has 0 fully saturated rings. The average molecular weight is 194 g/mol. The lowest BCUT2D eigenvalue weighted by molar-refractivity contribution is 0.561. The second-order valence-corrected chi connectivity index (χ2v) is 3.76. The molecular weight excluding hydrogens is 184 g/mol. The van der Waals surface area contributed by atoms with Crippen molar-refractivity contribution in [1.82, 2.24) is 4.98 Å². The molecule has 0 amide bonds. The average Bonchev–Trinajstić information content (AvgIpc) is 2.74. The minimum Gasteiger partial charge on any atom is -0.472 e. The van der Waals surface area contributed by atoms with Crippen LogP contribution in [0, 0.1) is 0 Å². The smallest absolute Gasteiger partial charge is 0.0935 e. The Hall–Kier alpha value is -1.13. The molecule has 13 heavy (non-hydrogen) atoms. The van der Waals surface area contributed by atoms with Gasteiger partial charge in [-0.3, -0.25) is 4.98 Å². The quantitative estimate of drug-likeness (QED) is 0.812. The standard InChI is InChI=1S/C9H10N2OS/c10-8(9-4-11-6-13-9)3-7-1-2-12-5-7/h1-2,4-6,8H,3,10H2. The van der Waals surface area contributed by atoms with Crippen LogP contribution in [-0.2, 0) is 6.42 Å². The Morgan fingerprint density at radius 1 is 1.62 bits per heavy atom. The van der Waals surface area contributed by atoms with E-state index >= 15 is 0 Å². The summed E-state index contributed by atoms with van der Waals surface area (Å²) in [5, 5.41) is 0. The maximum atomic E-state index is 5.96. The van der Waals surface area contributed by atoms with Crippen molar-refractivity contribution in [2.45, 2.75) is 12.5 Å². The highest BCUT2D eigenvalue weighted by Crippen LogP contribution is 2.19. The highest BCUT2D eigenvalue weighted by molar-refractivity contribution is 7.09. The van der Waals surface area contributed by atoms with Gasteiger partial charge in [-0.05, 0) is 18.1 Å². The van der Waals surface area contributed by atoms with Crippen LogP contribution in [-0.4, -0.2) is 4.98 Å². The van der Waals surface area contributed by atoms with Crippen molar-refractivity contribution in [3.8, 4) is 0 Å². The van der Waals surface area contributed by atoms with E-state index in [0.717, 1.165) is 16.9 Å². The summed E-state index contributed by atoms with van der Waals surface area (Å²) in [7, 11) is 0. The third kappa shape index (κ3) is 1.96. The van der Waals surface area contributed by atoms with E-state index in [0.29, 0.717) is 0 Å². The molecule has 2 N–H and O–H groups in total. The first-order valence-corrected chi connectivity index (χ1v) is 4.89. The normalized spacial score (nSPS) is 13.0. The minimum absolute atomic E-state index is 0.0325. The highest BCUT2D eigenvalue weighted by atomic mass is 32.1. The molecule has 0 radical (unpaired) electrons. The summed E-state index contributed by atoms with van der Waals surface area (Å²) in [5.74, 6) is 0. The molecule has 0 saturated heterocycles. The predicted octanol–water partition coefficient (Wildman–Crippen LogP) is 1.98. The van der Waals surface area contributed by atoms with E-state index in [9.17, 15) is 0 Å². The van der Waals surface area contributed by atoms with Gasteiger partial charge in [-0.25, -0.2) is 0 Å². The van der Waals surface area contributed by atoms with Crippen molar-refractivity contribution in [3.05, 3.63) is 40.7 Å². The van der Waals surface area contributed by atoms with E-state index in [-0.39, 0.29) is 6.04 Å². The molecule has 0 aromatic carbocycles. The maximum Gasteiger partial charge on any atom is 0.0935 e. The van der Waals surface area contributed by atoms with E-state index in [4.69, 9.17) is 10.2 Å². The highest BCUT2D eigenvalue weighted by Gasteiger charge is 2.08. The van der Waals surface area contributed by atoms with Crippen molar-refractivity contribution in [2.75, 3.05) is 0 Å². The van der Waals surface area contributed by atoms with E-state index in [1.54, 1.807) is 29.4 Å². The summed E-state index contributed by atoms with van der Waals surface area (Å²) in [5.41, 5.74) is 8.88. The number of thiazole rings is 1. The number of furan rings is 1. The predicted molar refractivity (Wildman–Crippen MR) is 51.5 cm³/mol. The summed E-state index contributed by atoms with van der Waals surface area (Å²) in [6, 6.07) is 1.96. The van der Waals surface area contributed by atoms with Crippen LogP contribution in [0.1, 0.15) is 16.5 Å². The molecule has 0 aliphatic carbocycles. The number of nitrogens with zero attached hydrogens (tertiary/aromatic N) is 1. The van der Waals surface area contributed by atoms with Gasteiger partial charge >= 0.3 is 0 Å². The molecule has 4 heteroatoms. The molecular formula is C9H10N2OS. The Morgan fingerprint density at radius 2 is 2.54 bits per heavy atom. The topological polar surface area (TPSA) is 52.0 Å². The molecule has 1 atom stereocenters. The van der Waals surface area contributed by atoms with Crippen LogP contribution < -0.4 is 5.73 Å². The summed E-state index contributed by atoms with van der Waals surface area (Å²) in [4.78, 5) is 5.10. The van der Waals surface area contributed by atoms with Crippen LogP contribution >= 0.6 is 11.3 Å². The Bertz CT molecular complexity index is 342. The van der Waals surface area contributed by atoms with E-state index in [2.05, 4.69) is 4.98 Å². The van der Waals surface area contributed by atoms with Crippen molar-refractivity contribution in [3.63, 3.8) is 0 Å². The zero-order valence-corrected chi connectivity index (χ0v) is 7.83. The lowest BCUT2D eigenvalue weighted by atomic mass is 10.1. The fourth-order valence-corrected chi connectivity index (χ4v) is 1.80. The fraction of sp³-hybridized carbons (Fsp3) is 0.222. The molecule has 0 aliphatic heterocycles. The van der Waals surface area contributed by atoms with Crippen LogP contribution in [0.15, 0.2) is 34.7 Å². The van der Waals surface area contributed by atoms with Gasteiger partial charge in [0.1, 0.15) is 0 Å². The number of rotatable bonds is 3. The molecule has 2 aromatic heterocycles. The summed E-state index contributed by atoms with van der Waals surface area (Å²) in [6.07, 6.45) is 6.00.